The topological polar surface area (TPSA) is 86.2 Å². The normalized spacial score (nSPS) is 15.8. The van der Waals surface area contributed by atoms with E-state index in [1.165, 1.54) is 29.7 Å². The van der Waals surface area contributed by atoms with Gasteiger partial charge in [0, 0.05) is 31.3 Å². The standard InChI is InChI=1S/C17H21N4O2S2/c1-21-9-11(8-19-21)13-7-12(10-3-4-10)14-15(18)17(24-16(14)20-13)25(22)6-5-23-2/h7-10,22H,3-6,18H2,1-2H3/q+1. The van der Waals surface area contributed by atoms with Crippen molar-refractivity contribution >= 4 is 38.4 Å². The van der Waals surface area contributed by atoms with Crippen LogP contribution in [0.1, 0.15) is 24.3 Å². The Morgan fingerprint density at radius 2 is 2.28 bits per heavy atom. The molecular weight excluding hydrogens is 356 g/mol. The molecule has 1 atom stereocenters. The van der Waals surface area contributed by atoms with E-state index in [0.29, 0.717) is 24.0 Å². The van der Waals surface area contributed by atoms with Gasteiger partial charge >= 0.3 is 0 Å². The van der Waals surface area contributed by atoms with E-state index < -0.39 is 11.2 Å². The molecule has 4 rings (SSSR count). The van der Waals surface area contributed by atoms with Crippen LogP contribution in [0.2, 0.25) is 0 Å². The summed E-state index contributed by atoms with van der Waals surface area (Å²) in [5.74, 6) is 1.10. The fourth-order valence-electron chi connectivity index (χ4n) is 2.98. The summed E-state index contributed by atoms with van der Waals surface area (Å²) in [7, 11) is 3.54. The van der Waals surface area contributed by atoms with Crippen molar-refractivity contribution in [2.45, 2.75) is 23.0 Å². The second-order valence-corrected chi connectivity index (χ2v) is 9.12. The monoisotopic (exact) mass is 377 g/mol. The fraction of sp³-hybridized carbons (Fsp3) is 0.412. The van der Waals surface area contributed by atoms with Gasteiger partial charge in [-0.05, 0) is 30.4 Å². The predicted molar refractivity (Wildman–Crippen MR) is 103 cm³/mol. The van der Waals surface area contributed by atoms with E-state index in [1.807, 2.05) is 19.4 Å². The number of thiophene rings is 1. The second-order valence-electron chi connectivity index (χ2n) is 6.32. The molecule has 0 aromatic carbocycles. The summed E-state index contributed by atoms with van der Waals surface area (Å²) in [6, 6.07) is 2.15. The maximum atomic E-state index is 10.5. The summed E-state index contributed by atoms with van der Waals surface area (Å²) in [4.78, 5) is 5.72. The molecule has 1 aliphatic carbocycles. The van der Waals surface area contributed by atoms with Crippen molar-refractivity contribution in [1.29, 1.82) is 0 Å². The number of anilines is 1. The number of nitrogens with zero attached hydrogens (tertiary/aromatic N) is 3. The van der Waals surface area contributed by atoms with Crippen molar-refractivity contribution in [3.05, 3.63) is 24.0 Å². The van der Waals surface area contributed by atoms with Crippen LogP contribution in [-0.2, 0) is 23.0 Å². The highest BCUT2D eigenvalue weighted by molar-refractivity contribution is 7.93. The third-order valence-electron chi connectivity index (χ3n) is 4.41. The first-order valence-corrected chi connectivity index (χ1v) is 10.4. The van der Waals surface area contributed by atoms with Crippen LogP contribution in [0.15, 0.2) is 22.7 Å². The molecule has 0 spiro atoms. The Labute approximate surface area is 153 Å². The molecule has 0 radical (unpaired) electrons. The van der Waals surface area contributed by atoms with Crippen molar-refractivity contribution in [3.63, 3.8) is 0 Å². The smallest absolute Gasteiger partial charge is 0.269 e. The van der Waals surface area contributed by atoms with Gasteiger partial charge in [-0.15, -0.1) is 0 Å². The molecule has 3 heterocycles. The zero-order valence-corrected chi connectivity index (χ0v) is 15.9. The molecule has 3 aromatic heterocycles. The molecule has 1 aliphatic rings. The van der Waals surface area contributed by atoms with Gasteiger partial charge in [-0.1, -0.05) is 11.3 Å². The lowest BCUT2D eigenvalue weighted by molar-refractivity contribution is 0.217. The van der Waals surface area contributed by atoms with E-state index in [1.54, 1.807) is 11.8 Å². The highest BCUT2D eigenvalue weighted by Crippen LogP contribution is 2.48. The van der Waals surface area contributed by atoms with Crippen molar-refractivity contribution in [3.8, 4) is 11.3 Å². The Hall–Kier alpha value is -1.61. The molecule has 0 bridgehead atoms. The summed E-state index contributed by atoms with van der Waals surface area (Å²) in [5, 5.41) is 5.28. The second kappa shape index (κ2) is 6.60. The Balaban J connectivity index is 1.84. The number of aromatic nitrogens is 3. The average molecular weight is 378 g/mol. The molecule has 3 N–H and O–H groups in total. The van der Waals surface area contributed by atoms with Gasteiger partial charge in [0.15, 0.2) is 16.9 Å². The third-order valence-corrected chi connectivity index (χ3v) is 7.33. The minimum absolute atomic E-state index is 0.511. The van der Waals surface area contributed by atoms with Crippen LogP contribution in [0, 0.1) is 0 Å². The Kier molecular flexibility index (Phi) is 4.45. The van der Waals surface area contributed by atoms with Crippen LogP contribution in [0.4, 0.5) is 5.69 Å². The van der Waals surface area contributed by atoms with Crippen LogP contribution < -0.4 is 5.73 Å². The molecule has 3 aromatic rings. The number of nitrogens with two attached hydrogens (primary N) is 1. The Bertz CT molecular complexity index is 917. The van der Waals surface area contributed by atoms with Gasteiger partial charge in [0.25, 0.3) is 4.21 Å². The van der Waals surface area contributed by atoms with Crippen molar-refractivity contribution in [2.75, 3.05) is 25.2 Å². The minimum Gasteiger partial charge on any atom is -0.393 e. The molecule has 0 saturated heterocycles. The van der Waals surface area contributed by atoms with Gasteiger partial charge in [0.05, 0.1) is 18.5 Å². The third kappa shape index (κ3) is 3.15. The highest BCUT2D eigenvalue weighted by Gasteiger charge is 2.33. The predicted octanol–water partition coefficient (Wildman–Crippen LogP) is 3.25. The maximum absolute atomic E-state index is 10.5. The van der Waals surface area contributed by atoms with E-state index in [0.717, 1.165) is 25.7 Å². The van der Waals surface area contributed by atoms with E-state index in [9.17, 15) is 4.55 Å². The van der Waals surface area contributed by atoms with Gasteiger partial charge in [0.2, 0.25) is 0 Å². The molecule has 6 nitrogen and oxygen atoms in total. The lowest BCUT2D eigenvalue weighted by Gasteiger charge is -2.05. The van der Waals surface area contributed by atoms with E-state index in [4.69, 9.17) is 15.5 Å². The van der Waals surface area contributed by atoms with E-state index in [-0.39, 0.29) is 0 Å². The molecule has 132 valence electrons. The molecule has 0 aliphatic heterocycles. The number of rotatable bonds is 6. The highest BCUT2D eigenvalue weighted by atomic mass is 32.2. The average Bonchev–Trinajstić information content (AvgIpc) is 3.28. The summed E-state index contributed by atoms with van der Waals surface area (Å²) >= 11 is 0.587. The van der Waals surface area contributed by atoms with E-state index >= 15 is 0 Å². The number of hydrogen-bond acceptors (Lipinski definition) is 6. The Morgan fingerprint density at radius 3 is 2.92 bits per heavy atom. The SMILES string of the molecule is COCC[S+](O)c1sc2nc(-c3cnn(C)c3)cc(C3CC3)c2c1N. The van der Waals surface area contributed by atoms with Gasteiger partial charge in [-0.2, -0.15) is 9.65 Å². The van der Waals surface area contributed by atoms with Crippen molar-refractivity contribution in [1.82, 2.24) is 14.8 Å². The van der Waals surface area contributed by atoms with Crippen LogP contribution in [-0.4, -0.2) is 38.8 Å². The number of methoxy groups -OCH3 is 1. The van der Waals surface area contributed by atoms with Crippen LogP contribution >= 0.6 is 11.3 Å². The van der Waals surface area contributed by atoms with Crippen LogP contribution in [0.25, 0.3) is 21.5 Å². The van der Waals surface area contributed by atoms with Gasteiger partial charge in [-0.3, -0.25) is 4.68 Å². The minimum atomic E-state index is -0.914. The first-order valence-electron chi connectivity index (χ1n) is 8.19. The van der Waals surface area contributed by atoms with Crippen molar-refractivity contribution < 1.29 is 9.29 Å². The number of ether oxygens (including phenoxy) is 1. The molecule has 1 saturated carbocycles. The number of hydrogen-bond donors (Lipinski definition) is 2. The number of nitrogen functional groups attached to an aromatic ring is 1. The Morgan fingerprint density at radius 1 is 1.48 bits per heavy atom. The van der Waals surface area contributed by atoms with Gasteiger partial charge < -0.3 is 10.5 Å². The lowest BCUT2D eigenvalue weighted by atomic mass is 10.0. The van der Waals surface area contributed by atoms with Gasteiger partial charge in [-0.25, -0.2) is 4.98 Å². The molecule has 25 heavy (non-hydrogen) atoms. The number of pyridine rings is 1. The number of fused-ring (bicyclic) bond motifs is 1. The molecule has 0 amide bonds. The summed E-state index contributed by atoms with van der Waals surface area (Å²) in [5.41, 5.74) is 10.3. The first kappa shape index (κ1) is 16.8. The van der Waals surface area contributed by atoms with Crippen LogP contribution in [0.5, 0.6) is 0 Å². The van der Waals surface area contributed by atoms with E-state index in [2.05, 4.69) is 11.2 Å². The molecule has 8 heteroatoms. The molecule has 1 unspecified atom stereocenters. The largest absolute Gasteiger partial charge is 0.393 e. The molecular formula is C17H21N4O2S2+. The summed E-state index contributed by atoms with van der Waals surface area (Å²) < 4.78 is 18.2. The fourth-order valence-corrected chi connectivity index (χ4v) is 5.58. The van der Waals surface area contributed by atoms with Crippen molar-refractivity contribution in [2.24, 2.45) is 7.05 Å². The lowest BCUT2D eigenvalue weighted by Crippen LogP contribution is -2.11. The quantitative estimate of drug-likeness (QED) is 0.644. The zero-order valence-electron chi connectivity index (χ0n) is 14.2. The number of aryl methyl sites for hydroxylation is 1. The van der Waals surface area contributed by atoms with Crippen LogP contribution in [0.3, 0.4) is 0 Å². The molecule has 1 fully saturated rings. The summed E-state index contributed by atoms with van der Waals surface area (Å²) in [6.45, 7) is 0.511. The van der Waals surface area contributed by atoms with Gasteiger partial charge in [0.1, 0.15) is 10.5 Å². The maximum Gasteiger partial charge on any atom is 0.269 e. The zero-order chi connectivity index (χ0) is 17.6. The summed E-state index contributed by atoms with van der Waals surface area (Å²) in [6.07, 6.45) is 6.17. The first-order chi connectivity index (χ1) is 12.1.